The molecule has 1 unspecified atom stereocenters. The third-order valence-electron chi connectivity index (χ3n) is 3.99. The van der Waals surface area contributed by atoms with Crippen LogP contribution in [-0.4, -0.2) is 15.9 Å². The van der Waals surface area contributed by atoms with Crippen molar-refractivity contribution < 1.29 is 4.79 Å². The molecule has 6 heteroatoms. The number of benzene rings is 2. The van der Waals surface area contributed by atoms with Crippen LogP contribution in [0.2, 0.25) is 5.02 Å². The van der Waals surface area contributed by atoms with Gasteiger partial charge >= 0.3 is 0 Å². The summed E-state index contributed by atoms with van der Waals surface area (Å²) in [6.45, 7) is 3.90. The van der Waals surface area contributed by atoms with Gasteiger partial charge in [-0.2, -0.15) is 0 Å². The van der Waals surface area contributed by atoms with Gasteiger partial charge in [0.15, 0.2) is 0 Å². The Labute approximate surface area is 157 Å². The second-order valence-electron chi connectivity index (χ2n) is 5.98. The fourth-order valence-corrected chi connectivity index (χ4v) is 2.64. The monoisotopic (exact) mass is 366 g/mol. The molecule has 0 aliphatic heterocycles. The average Bonchev–Trinajstić information content (AvgIpc) is 2.66. The smallest absolute Gasteiger partial charge is 0.271 e. The first kappa shape index (κ1) is 17.9. The molecule has 0 bridgehead atoms. The highest BCUT2D eigenvalue weighted by Crippen LogP contribution is 2.23. The number of hydrogen-bond acceptors (Lipinski definition) is 4. The number of rotatable bonds is 5. The van der Waals surface area contributed by atoms with E-state index in [1.807, 2.05) is 62.4 Å². The van der Waals surface area contributed by atoms with Crippen molar-refractivity contribution in [2.24, 2.45) is 0 Å². The summed E-state index contributed by atoms with van der Waals surface area (Å²) in [6, 6.07) is 15.2. The molecule has 0 saturated heterocycles. The molecule has 1 amide bonds. The van der Waals surface area contributed by atoms with Gasteiger partial charge in [0.2, 0.25) is 0 Å². The van der Waals surface area contributed by atoms with Crippen molar-refractivity contribution in [3.8, 4) is 0 Å². The molecule has 3 rings (SSSR count). The van der Waals surface area contributed by atoms with Gasteiger partial charge in [0.1, 0.15) is 11.5 Å². The number of aromatic nitrogens is 2. The fraction of sp³-hybridized carbons (Fsp3) is 0.150. The number of nitrogens with one attached hydrogen (secondary N) is 2. The molecule has 3 aromatic rings. The summed E-state index contributed by atoms with van der Waals surface area (Å²) in [5, 5.41) is 6.71. The molecule has 132 valence electrons. The molecule has 2 N–H and O–H groups in total. The SMILES string of the molecule is Cc1ccc(Cl)cc1Nc1cnc(C(=O)NC(C)c2ccccc2)cn1. The molecule has 26 heavy (non-hydrogen) atoms. The van der Waals surface area contributed by atoms with Crippen LogP contribution >= 0.6 is 11.6 Å². The fourth-order valence-electron chi connectivity index (χ4n) is 2.47. The zero-order valence-electron chi connectivity index (χ0n) is 14.5. The van der Waals surface area contributed by atoms with Crippen LogP contribution in [0, 0.1) is 6.92 Å². The molecule has 0 saturated carbocycles. The van der Waals surface area contributed by atoms with Gasteiger partial charge in [0.25, 0.3) is 5.91 Å². The summed E-state index contributed by atoms with van der Waals surface area (Å²) in [7, 11) is 0. The van der Waals surface area contributed by atoms with E-state index in [0.29, 0.717) is 10.8 Å². The van der Waals surface area contributed by atoms with Gasteiger partial charge in [0, 0.05) is 10.7 Å². The molecule has 1 heterocycles. The van der Waals surface area contributed by atoms with Crippen molar-refractivity contribution in [2.45, 2.75) is 19.9 Å². The summed E-state index contributed by atoms with van der Waals surface area (Å²) in [5.41, 5.74) is 3.18. The lowest BCUT2D eigenvalue weighted by molar-refractivity contribution is 0.0934. The van der Waals surface area contributed by atoms with Crippen LogP contribution in [0.5, 0.6) is 0 Å². The van der Waals surface area contributed by atoms with E-state index in [1.165, 1.54) is 12.4 Å². The first-order chi connectivity index (χ1) is 12.5. The zero-order valence-corrected chi connectivity index (χ0v) is 15.3. The first-order valence-electron chi connectivity index (χ1n) is 8.24. The Morgan fingerprint density at radius 3 is 2.54 bits per heavy atom. The number of anilines is 2. The van der Waals surface area contributed by atoms with Crippen LogP contribution in [0.1, 0.15) is 34.6 Å². The van der Waals surface area contributed by atoms with E-state index in [1.54, 1.807) is 0 Å². The molecule has 0 spiro atoms. The van der Waals surface area contributed by atoms with Gasteiger partial charge in [-0.05, 0) is 37.1 Å². The Bertz CT molecular complexity index is 897. The predicted octanol–water partition coefficient (Wildman–Crippen LogP) is 4.67. The highest BCUT2D eigenvalue weighted by Gasteiger charge is 2.13. The Kier molecular flexibility index (Phi) is 5.49. The maximum Gasteiger partial charge on any atom is 0.271 e. The van der Waals surface area contributed by atoms with Crippen molar-refractivity contribution in [1.82, 2.24) is 15.3 Å². The van der Waals surface area contributed by atoms with Crippen LogP contribution in [0.4, 0.5) is 11.5 Å². The Morgan fingerprint density at radius 1 is 1.08 bits per heavy atom. The van der Waals surface area contributed by atoms with Gasteiger partial charge in [-0.3, -0.25) is 4.79 Å². The molecular formula is C20H19ClN4O. The molecule has 0 radical (unpaired) electrons. The minimum absolute atomic E-state index is 0.114. The number of aryl methyl sites for hydroxylation is 1. The second kappa shape index (κ2) is 7.97. The number of carbonyl (C=O) groups excluding carboxylic acids is 1. The van der Waals surface area contributed by atoms with E-state index < -0.39 is 0 Å². The number of hydrogen-bond donors (Lipinski definition) is 2. The minimum Gasteiger partial charge on any atom is -0.344 e. The van der Waals surface area contributed by atoms with Crippen LogP contribution in [0.25, 0.3) is 0 Å². The summed E-state index contributed by atoms with van der Waals surface area (Å²) in [6.07, 6.45) is 2.98. The van der Waals surface area contributed by atoms with Crippen molar-refractivity contribution in [2.75, 3.05) is 5.32 Å². The molecule has 0 fully saturated rings. The van der Waals surface area contributed by atoms with Crippen LogP contribution in [0.3, 0.4) is 0 Å². The minimum atomic E-state index is -0.265. The zero-order chi connectivity index (χ0) is 18.5. The summed E-state index contributed by atoms with van der Waals surface area (Å²) in [5.74, 6) is 0.280. The molecule has 0 aliphatic rings. The standard InChI is InChI=1S/C20H19ClN4O/c1-13-8-9-16(21)10-17(13)25-19-12-22-18(11-23-19)20(26)24-14(2)15-6-4-3-5-7-15/h3-12,14H,1-2H3,(H,23,25)(H,24,26). The Balaban J connectivity index is 1.67. The number of carbonyl (C=O) groups is 1. The molecule has 2 aromatic carbocycles. The second-order valence-corrected chi connectivity index (χ2v) is 6.41. The van der Waals surface area contributed by atoms with Gasteiger partial charge in [-0.25, -0.2) is 9.97 Å². The van der Waals surface area contributed by atoms with Crippen molar-refractivity contribution in [1.29, 1.82) is 0 Å². The van der Waals surface area contributed by atoms with Gasteiger partial charge < -0.3 is 10.6 Å². The van der Waals surface area contributed by atoms with E-state index in [9.17, 15) is 4.79 Å². The lowest BCUT2D eigenvalue weighted by Crippen LogP contribution is -2.27. The van der Waals surface area contributed by atoms with Crippen molar-refractivity contribution in [3.05, 3.63) is 82.8 Å². The Morgan fingerprint density at radius 2 is 1.85 bits per heavy atom. The predicted molar refractivity (Wildman–Crippen MR) is 104 cm³/mol. The number of nitrogens with zero attached hydrogens (tertiary/aromatic N) is 2. The van der Waals surface area contributed by atoms with Crippen LogP contribution in [-0.2, 0) is 0 Å². The molecule has 0 aliphatic carbocycles. The maximum absolute atomic E-state index is 12.3. The van der Waals surface area contributed by atoms with E-state index in [2.05, 4.69) is 20.6 Å². The van der Waals surface area contributed by atoms with Crippen LogP contribution in [0.15, 0.2) is 60.9 Å². The maximum atomic E-state index is 12.3. The van der Waals surface area contributed by atoms with E-state index in [0.717, 1.165) is 16.8 Å². The van der Waals surface area contributed by atoms with Crippen molar-refractivity contribution >= 4 is 29.0 Å². The molecule has 1 atom stereocenters. The van der Waals surface area contributed by atoms with E-state index in [-0.39, 0.29) is 17.6 Å². The highest BCUT2D eigenvalue weighted by molar-refractivity contribution is 6.30. The number of amides is 1. The van der Waals surface area contributed by atoms with Gasteiger partial charge in [0.05, 0.1) is 18.4 Å². The normalized spacial score (nSPS) is 11.7. The topological polar surface area (TPSA) is 66.9 Å². The van der Waals surface area contributed by atoms with Crippen LogP contribution < -0.4 is 10.6 Å². The summed E-state index contributed by atoms with van der Waals surface area (Å²) >= 11 is 6.02. The quantitative estimate of drug-likeness (QED) is 0.688. The highest BCUT2D eigenvalue weighted by atomic mass is 35.5. The summed E-state index contributed by atoms with van der Waals surface area (Å²) < 4.78 is 0. The number of halogens is 1. The lowest BCUT2D eigenvalue weighted by Gasteiger charge is -2.14. The van der Waals surface area contributed by atoms with E-state index >= 15 is 0 Å². The third-order valence-corrected chi connectivity index (χ3v) is 4.23. The molecule has 5 nitrogen and oxygen atoms in total. The largest absolute Gasteiger partial charge is 0.344 e. The summed E-state index contributed by atoms with van der Waals surface area (Å²) in [4.78, 5) is 20.8. The van der Waals surface area contributed by atoms with Crippen molar-refractivity contribution in [3.63, 3.8) is 0 Å². The lowest BCUT2D eigenvalue weighted by atomic mass is 10.1. The molecule has 1 aromatic heterocycles. The van der Waals surface area contributed by atoms with Gasteiger partial charge in [-0.1, -0.05) is 48.0 Å². The molecular weight excluding hydrogens is 348 g/mol. The van der Waals surface area contributed by atoms with E-state index in [4.69, 9.17) is 11.6 Å². The first-order valence-corrected chi connectivity index (χ1v) is 8.62. The van der Waals surface area contributed by atoms with Gasteiger partial charge in [-0.15, -0.1) is 0 Å². The Hall–Kier alpha value is -2.92. The third kappa shape index (κ3) is 4.37. The average molecular weight is 367 g/mol.